The number of hydrogen-bond acceptors (Lipinski definition) is 5. The van der Waals surface area contributed by atoms with E-state index in [1.54, 1.807) is 10.6 Å². The highest BCUT2D eigenvalue weighted by atomic mass is 32.2. The Hall–Kier alpha value is -2.38. The van der Waals surface area contributed by atoms with Gasteiger partial charge in [-0.05, 0) is 30.9 Å². The second kappa shape index (κ2) is 9.41. The zero-order chi connectivity index (χ0) is 21.0. The molecule has 3 rings (SSSR count). The summed E-state index contributed by atoms with van der Waals surface area (Å²) < 4.78 is 1.60. The topological polar surface area (TPSA) is 64.0 Å². The van der Waals surface area contributed by atoms with Gasteiger partial charge in [0.15, 0.2) is 5.16 Å². The molecule has 0 aliphatic carbocycles. The van der Waals surface area contributed by atoms with Crippen molar-refractivity contribution in [2.24, 2.45) is 0 Å². The minimum atomic E-state index is -0.0733. The van der Waals surface area contributed by atoms with Crippen LogP contribution in [0.25, 0.3) is 10.2 Å². The first-order valence-electron chi connectivity index (χ1n) is 9.48. The van der Waals surface area contributed by atoms with Crippen molar-refractivity contribution in [2.45, 2.75) is 38.4 Å². The number of carbonyl (C=O) groups excluding carboxylic acids is 1. The molecule has 3 aromatic rings. The highest BCUT2D eigenvalue weighted by molar-refractivity contribution is 7.99. The van der Waals surface area contributed by atoms with Gasteiger partial charge in [0, 0.05) is 18.0 Å². The number of fused-ring (bicyclic) bond motifs is 1. The van der Waals surface area contributed by atoms with Gasteiger partial charge in [0.2, 0.25) is 5.91 Å². The van der Waals surface area contributed by atoms with Crippen LogP contribution in [0.2, 0.25) is 0 Å². The van der Waals surface area contributed by atoms with Crippen LogP contribution in [0.15, 0.2) is 52.9 Å². The third kappa shape index (κ3) is 4.79. The number of rotatable bonds is 8. The Labute approximate surface area is 178 Å². The van der Waals surface area contributed by atoms with Gasteiger partial charge in [0.25, 0.3) is 5.56 Å². The Morgan fingerprint density at radius 3 is 2.76 bits per heavy atom. The lowest BCUT2D eigenvalue weighted by Crippen LogP contribution is -2.29. The molecule has 29 heavy (non-hydrogen) atoms. The first kappa shape index (κ1) is 21.3. The average molecular weight is 428 g/mol. The molecular formula is C22H25N3O2S2. The van der Waals surface area contributed by atoms with Crippen LogP contribution < -0.4 is 10.9 Å². The van der Waals surface area contributed by atoms with Crippen molar-refractivity contribution in [3.63, 3.8) is 0 Å². The molecule has 2 aromatic heterocycles. The predicted octanol–water partition coefficient (Wildman–Crippen LogP) is 4.27. The molecule has 5 nitrogen and oxygen atoms in total. The van der Waals surface area contributed by atoms with E-state index in [0.717, 1.165) is 15.3 Å². The van der Waals surface area contributed by atoms with Crippen molar-refractivity contribution in [3.05, 3.63) is 69.3 Å². The molecule has 0 fully saturated rings. The Kier molecular flexibility index (Phi) is 6.92. The minimum Gasteiger partial charge on any atom is -0.355 e. The Morgan fingerprint density at radius 2 is 2.07 bits per heavy atom. The lowest BCUT2D eigenvalue weighted by Gasteiger charge is -2.13. The maximum atomic E-state index is 13.0. The van der Waals surface area contributed by atoms with Crippen molar-refractivity contribution < 1.29 is 4.79 Å². The van der Waals surface area contributed by atoms with Crippen molar-refractivity contribution in [3.8, 4) is 0 Å². The summed E-state index contributed by atoms with van der Waals surface area (Å²) in [4.78, 5) is 31.8. The highest BCUT2D eigenvalue weighted by Gasteiger charge is 2.17. The second-order valence-electron chi connectivity index (χ2n) is 6.97. The van der Waals surface area contributed by atoms with Crippen LogP contribution in [0.4, 0.5) is 0 Å². The average Bonchev–Trinajstić information content (AvgIpc) is 3.01. The zero-order valence-corrected chi connectivity index (χ0v) is 18.5. The molecule has 1 N–H and O–H groups in total. The summed E-state index contributed by atoms with van der Waals surface area (Å²) in [7, 11) is 0. The molecule has 0 aliphatic heterocycles. The predicted molar refractivity (Wildman–Crippen MR) is 122 cm³/mol. The quantitative estimate of drug-likeness (QED) is 0.331. The number of allylic oxidation sites excluding steroid dienone is 1. The Balaban J connectivity index is 1.71. The Bertz CT molecular complexity index is 1090. The van der Waals surface area contributed by atoms with Gasteiger partial charge >= 0.3 is 0 Å². The van der Waals surface area contributed by atoms with Crippen molar-refractivity contribution in [1.82, 2.24) is 14.9 Å². The molecule has 0 saturated carbocycles. The van der Waals surface area contributed by atoms with Crippen molar-refractivity contribution >= 4 is 39.2 Å². The first-order valence-corrected chi connectivity index (χ1v) is 11.3. The second-order valence-corrected chi connectivity index (χ2v) is 9.11. The molecule has 7 heteroatoms. The van der Waals surface area contributed by atoms with Gasteiger partial charge in [-0.15, -0.1) is 17.9 Å². The van der Waals surface area contributed by atoms with Crippen LogP contribution in [-0.4, -0.2) is 27.8 Å². The van der Waals surface area contributed by atoms with Crippen LogP contribution in [0.1, 0.15) is 28.8 Å². The van der Waals surface area contributed by atoms with Crippen LogP contribution in [-0.2, 0) is 11.3 Å². The van der Waals surface area contributed by atoms with Crippen LogP contribution in [0.5, 0.6) is 0 Å². The number of thioether (sulfide) groups is 1. The maximum absolute atomic E-state index is 13.0. The summed E-state index contributed by atoms with van der Waals surface area (Å²) in [6, 6.07) is 10.1. The third-order valence-electron chi connectivity index (χ3n) is 4.87. The van der Waals surface area contributed by atoms with E-state index in [1.165, 1.54) is 28.7 Å². The van der Waals surface area contributed by atoms with Gasteiger partial charge in [-0.25, -0.2) is 4.98 Å². The van der Waals surface area contributed by atoms with E-state index in [4.69, 9.17) is 0 Å². The molecule has 1 unspecified atom stereocenters. The van der Waals surface area contributed by atoms with E-state index in [2.05, 4.69) is 35.9 Å². The van der Waals surface area contributed by atoms with Gasteiger partial charge in [0.1, 0.15) is 4.83 Å². The fraction of sp³-hybridized carbons (Fsp3) is 0.318. The molecule has 1 amide bonds. The summed E-state index contributed by atoms with van der Waals surface area (Å²) in [5, 5.41) is 4.19. The molecule has 0 radical (unpaired) electrons. The summed E-state index contributed by atoms with van der Waals surface area (Å²) in [6.07, 6.45) is 1.68. The summed E-state index contributed by atoms with van der Waals surface area (Å²) in [5.41, 5.74) is 2.10. The van der Waals surface area contributed by atoms with Crippen LogP contribution in [0, 0.1) is 13.8 Å². The number of nitrogens with one attached hydrogen (secondary N) is 1. The minimum absolute atomic E-state index is 0.0719. The van der Waals surface area contributed by atoms with Gasteiger partial charge in [-0.2, -0.15) is 0 Å². The van der Waals surface area contributed by atoms with Crippen molar-refractivity contribution in [2.75, 3.05) is 12.3 Å². The highest BCUT2D eigenvalue weighted by Crippen LogP contribution is 2.28. The number of benzene rings is 1. The summed E-state index contributed by atoms with van der Waals surface area (Å²) in [6.45, 7) is 10.7. The molecule has 0 bridgehead atoms. The van der Waals surface area contributed by atoms with E-state index in [9.17, 15) is 9.59 Å². The zero-order valence-electron chi connectivity index (χ0n) is 16.9. The standard InChI is InChI=1S/C22H25N3O2S2/c1-5-11-25-21(27)19-15(3)16(4)29-20(19)24-22(25)28-13-18(26)23-12-14(2)17-9-7-6-8-10-17/h5-10,14H,1,11-13H2,2-4H3,(H,23,26). The van der Waals surface area contributed by atoms with E-state index >= 15 is 0 Å². The third-order valence-corrected chi connectivity index (χ3v) is 6.95. The normalized spacial score (nSPS) is 12.1. The molecule has 2 heterocycles. The largest absolute Gasteiger partial charge is 0.355 e. The lowest BCUT2D eigenvalue weighted by atomic mass is 10.0. The molecule has 1 aromatic carbocycles. The van der Waals surface area contributed by atoms with E-state index in [-0.39, 0.29) is 23.1 Å². The molecule has 0 aliphatic rings. The Morgan fingerprint density at radius 1 is 1.34 bits per heavy atom. The lowest BCUT2D eigenvalue weighted by molar-refractivity contribution is -0.118. The van der Waals surface area contributed by atoms with Gasteiger partial charge < -0.3 is 5.32 Å². The van der Waals surface area contributed by atoms with Gasteiger partial charge in [-0.1, -0.05) is 55.1 Å². The fourth-order valence-corrected chi connectivity index (χ4v) is 4.97. The SMILES string of the molecule is C=CCn1c(SCC(=O)NCC(C)c2ccccc2)nc2sc(C)c(C)c2c1=O. The van der Waals surface area contributed by atoms with E-state index in [1.807, 2.05) is 32.0 Å². The number of hydrogen-bond donors (Lipinski definition) is 1. The van der Waals surface area contributed by atoms with E-state index in [0.29, 0.717) is 23.6 Å². The number of aromatic nitrogens is 2. The maximum Gasteiger partial charge on any atom is 0.263 e. The molecule has 152 valence electrons. The monoisotopic (exact) mass is 427 g/mol. The number of thiophene rings is 1. The molecule has 0 spiro atoms. The van der Waals surface area contributed by atoms with Gasteiger partial charge in [-0.3, -0.25) is 14.2 Å². The van der Waals surface area contributed by atoms with Crippen LogP contribution in [0.3, 0.4) is 0 Å². The fourth-order valence-electron chi connectivity index (χ4n) is 3.06. The first-order chi connectivity index (χ1) is 13.9. The number of nitrogens with zero attached hydrogens (tertiary/aromatic N) is 2. The molecular weight excluding hydrogens is 402 g/mol. The van der Waals surface area contributed by atoms with Crippen molar-refractivity contribution in [1.29, 1.82) is 0 Å². The van der Waals surface area contributed by atoms with Gasteiger partial charge in [0.05, 0.1) is 11.1 Å². The molecule has 0 saturated heterocycles. The smallest absolute Gasteiger partial charge is 0.263 e. The summed E-state index contributed by atoms with van der Waals surface area (Å²) >= 11 is 2.80. The number of carbonyl (C=O) groups is 1. The van der Waals surface area contributed by atoms with E-state index < -0.39 is 0 Å². The number of aryl methyl sites for hydroxylation is 2. The number of amides is 1. The van der Waals surface area contributed by atoms with Crippen LogP contribution >= 0.6 is 23.1 Å². The summed E-state index contributed by atoms with van der Waals surface area (Å²) in [5.74, 6) is 0.367. The molecule has 1 atom stereocenters.